The van der Waals surface area contributed by atoms with E-state index in [-0.39, 0.29) is 18.4 Å². The van der Waals surface area contributed by atoms with Crippen molar-refractivity contribution in [3.8, 4) is 11.8 Å². The molecule has 0 aliphatic heterocycles. The summed E-state index contributed by atoms with van der Waals surface area (Å²) in [6.45, 7) is 3.91. The van der Waals surface area contributed by atoms with Gasteiger partial charge in [-0.25, -0.2) is 0 Å². The van der Waals surface area contributed by atoms with Crippen molar-refractivity contribution < 1.29 is 9.53 Å². The van der Waals surface area contributed by atoms with E-state index in [4.69, 9.17) is 15.7 Å². The average Bonchev–Trinajstić information content (AvgIpc) is 2.43. The van der Waals surface area contributed by atoms with Gasteiger partial charge in [-0.3, -0.25) is 4.79 Å². The van der Waals surface area contributed by atoms with Gasteiger partial charge in [0, 0.05) is 11.8 Å². The first-order chi connectivity index (χ1) is 9.08. The summed E-state index contributed by atoms with van der Waals surface area (Å²) in [4.78, 5) is 11.9. The summed E-state index contributed by atoms with van der Waals surface area (Å²) < 4.78 is 5.16. The predicted octanol–water partition coefficient (Wildman–Crippen LogP) is 1.90. The van der Waals surface area contributed by atoms with Gasteiger partial charge in [-0.05, 0) is 18.1 Å². The Morgan fingerprint density at radius 2 is 2.32 bits per heavy atom. The lowest BCUT2D eigenvalue weighted by Gasteiger charge is -2.17. The maximum Gasteiger partial charge on any atom is 0.241 e. The van der Waals surface area contributed by atoms with E-state index in [1.54, 1.807) is 24.3 Å². The van der Waals surface area contributed by atoms with E-state index in [9.17, 15) is 4.79 Å². The summed E-state index contributed by atoms with van der Waals surface area (Å²) in [5.74, 6) is 0.446. The van der Waals surface area contributed by atoms with Gasteiger partial charge in [-0.2, -0.15) is 5.26 Å². The fourth-order valence-corrected chi connectivity index (χ4v) is 1.52. The van der Waals surface area contributed by atoms with Crippen LogP contribution in [0.4, 0.5) is 5.69 Å². The van der Waals surface area contributed by atoms with Crippen LogP contribution in [0.3, 0.4) is 0 Å². The number of ether oxygens (including phenoxy) is 1. The van der Waals surface area contributed by atoms with Gasteiger partial charge in [0.25, 0.3) is 0 Å². The van der Waals surface area contributed by atoms with Crippen LogP contribution >= 0.6 is 0 Å². The summed E-state index contributed by atoms with van der Waals surface area (Å²) in [5, 5.41) is 11.2. The van der Waals surface area contributed by atoms with Gasteiger partial charge in [-0.1, -0.05) is 26.3 Å². The van der Waals surface area contributed by atoms with Crippen LogP contribution in [0.1, 0.15) is 20.3 Å². The van der Waals surface area contributed by atoms with Crippen molar-refractivity contribution in [3.05, 3.63) is 24.3 Å². The molecule has 5 nitrogen and oxygen atoms in total. The van der Waals surface area contributed by atoms with E-state index >= 15 is 0 Å². The van der Waals surface area contributed by atoms with Crippen molar-refractivity contribution in [3.63, 3.8) is 0 Å². The van der Waals surface area contributed by atoms with E-state index in [0.717, 1.165) is 6.42 Å². The predicted molar refractivity (Wildman–Crippen MR) is 73.6 cm³/mol. The number of hydrogen-bond acceptors (Lipinski definition) is 4. The molecule has 0 aromatic heterocycles. The highest BCUT2D eigenvalue weighted by Gasteiger charge is 2.19. The molecule has 0 bridgehead atoms. The van der Waals surface area contributed by atoms with Crippen LogP contribution in [0.25, 0.3) is 0 Å². The summed E-state index contributed by atoms with van der Waals surface area (Å²) in [5.41, 5.74) is 6.46. The van der Waals surface area contributed by atoms with Gasteiger partial charge in [0.1, 0.15) is 11.8 Å². The lowest BCUT2D eigenvalue weighted by atomic mass is 9.99. The molecule has 3 N–H and O–H groups in total. The molecule has 0 saturated heterocycles. The number of nitrogens with one attached hydrogen (secondary N) is 1. The quantitative estimate of drug-likeness (QED) is 0.818. The number of carbonyl (C=O) groups excluding carboxylic acids is 1. The molecule has 0 heterocycles. The lowest BCUT2D eigenvalue weighted by molar-refractivity contribution is -0.118. The monoisotopic (exact) mass is 261 g/mol. The Labute approximate surface area is 113 Å². The van der Waals surface area contributed by atoms with Crippen molar-refractivity contribution >= 4 is 11.6 Å². The van der Waals surface area contributed by atoms with Crippen LogP contribution in [-0.4, -0.2) is 18.6 Å². The van der Waals surface area contributed by atoms with Crippen LogP contribution in [0.2, 0.25) is 0 Å². The molecule has 0 fully saturated rings. The molecular formula is C14H19N3O2. The molecule has 0 radical (unpaired) electrons. The van der Waals surface area contributed by atoms with Gasteiger partial charge >= 0.3 is 0 Å². The summed E-state index contributed by atoms with van der Waals surface area (Å²) >= 11 is 0. The molecule has 102 valence electrons. The third kappa shape index (κ3) is 4.60. The standard InChI is InChI=1S/C14H19N3O2/c1-3-10(2)13(16)14(18)17-11-5-4-6-12(9-11)19-8-7-15/h4-6,9-10,13H,3,8,16H2,1-2H3,(H,17,18)/t10-,13-/m0/s1. The molecule has 0 saturated carbocycles. The second-order valence-corrected chi connectivity index (χ2v) is 4.38. The number of nitrogens with two attached hydrogens (primary N) is 1. The molecular weight excluding hydrogens is 242 g/mol. The van der Waals surface area contributed by atoms with Gasteiger partial charge in [0.2, 0.25) is 5.91 Å². The van der Waals surface area contributed by atoms with E-state index in [1.807, 2.05) is 19.9 Å². The van der Waals surface area contributed by atoms with E-state index < -0.39 is 6.04 Å². The van der Waals surface area contributed by atoms with Crippen LogP contribution in [0.5, 0.6) is 5.75 Å². The minimum absolute atomic E-state index is 0.0240. The normalized spacial score (nSPS) is 13.2. The summed E-state index contributed by atoms with van der Waals surface area (Å²) in [6.07, 6.45) is 0.847. The zero-order chi connectivity index (χ0) is 14.3. The second-order valence-electron chi connectivity index (χ2n) is 4.38. The third-order valence-electron chi connectivity index (χ3n) is 2.96. The molecule has 5 heteroatoms. The number of rotatable bonds is 6. The number of hydrogen-bond donors (Lipinski definition) is 2. The highest BCUT2D eigenvalue weighted by Crippen LogP contribution is 2.18. The van der Waals surface area contributed by atoms with Crippen LogP contribution < -0.4 is 15.8 Å². The number of nitriles is 1. The van der Waals surface area contributed by atoms with E-state index in [0.29, 0.717) is 11.4 Å². The lowest BCUT2D eigenvalue weighted by Crippen LogP contribution is -2.40. The van der Waals surface area contributed by atoms with Crippen molar-refractivity contribution in [1.82, 2.24) is 0 Å². The zero-order valence-corrected chi connectivity index (χ0v) is 11.2. The summed E-state index contributed by atoms with van der Waals surface area (Å²) in [7, 11) is 0. The highest BCUT2D eigenvalue weighted by atomic mass is 16.5. The first-order valence-corrected chi connectivity index (χ1v) is 6.24. The first kappa shape index (κ1) is 15.0. The van der Waals surface area contributed by atoms with Crippen molar-refractivity contribution in [2.75, 3.05) is 11.9 Å². The Kier molecular flexibility index (Phi) is 5.83. The SMILES string of the molecule is CC[C@H](C)[C@H](N)C(=O)Nc1cccc(OCC#N)c1. The Bertz CT molecular complexity index is 468. The van der Waals surface area contributed by atoms with Gasteiger partial charge in [-0.15, -0.1) is 0 Å². The number of anilines is 1. The smallest absolute Gasteiger partial charge is 0.241 e. The maximum atomic E-state index is 11.9. The average molecular weight is 261 g/mol. The number of amides is 1. The van der Waals surface area contributed by atoms with E-state index in [2.05, 4.69) is 5.32 Å². The number of nitrogens with zero attached hydrogens (tertiary/aromatic N) is 1. The van der Waals surface area contributed by atoms with Crippen LogP contribution in [-0.2, 0) is 4.79 Å². The molecule has 1 aromatic carbocycles. The Hall–Kier alpha value is -2.06. The first-order valence-electron chi connectivity index (χ1n) is 6.24. The number of benzene rings is 1. The van der Waals surface area contributed by atoms with Crippen molar-refractivity contribution in [2.24, 2.45) is 11.7 Å². The molecule has 0 aliphatic rings. The van der Waals surface area contributed by atoms with Crippen molar-refractivity contribution in [1.29, 1.82) is 5.26 Å². The largest absolute Gasteiger partial charge is 0.479 e. The Morgan fingerprint density at radius 3 is 2.95 bits per heavy atom. The second kappa shape index (κ2) is 7.39. The van der Waals surface area contributed by atoms with Gasteiger partial charge < -0.3 is 15.8 Å². The molecule has 0 aliphatic carbocycles. The summed E-state index contributed by atoms with van der Waals surface area (Å²) in [6, 6.07) is 8.24. The molecule has 1 aromatic rings. The van der Waals surface area contributed by atoms with Gasteiger partial charge in [0.15, 0.2) is 6.61 Å². The number of carbonyl (C=O) groups is 1. The molecule has 19 heavy (non-hydrogen) atoms. The Balaban J connectivity index is 2.66. The van der Waals surface area contributed by atoms with Crippen LogP contribution in [0.15, 0.2) is 24.3 Å². The highest BCUT2D eigenvalue weighted by molar-refractivity contribution is 5.95. The van der Waals surface area contributed by atoms with Crippen LogP contribution in [0, 0.1) is 17.2 Å². The Morgan fingerprint density at radius 1 is 1.58 bits per heavy atom. The van der Waals surface area contributed by atoms with Gasteiger partial charge in [0.05, 0.1) is 6.04 Å². The maximum absolute atomic E-state index is 11.9. The van der Waals surface area contributed by atoms with Crippen molar-refractivity contribution in [2.45, 2.75) is 26.3 Å². The molecule has 1 amide bonds. The zero-order valence-electron chi connectivity index (χ0n) is 11.2. The topological polar surface area (TPSA) is 88.1 Å². The van der Waals surface area contributed by atoms with E-state index in [1.165, 1.54) is 0 Å². The fourth-order valence-electron chi connectivity index (χ4n) is 1.52. The fraction of sp³-hybridized carbons (Fsp3) is 0.429. The molecule has 2 atom stereocenters. The minimum atomic E-state index is -0.534. The molecule has 1 rings (SSSR count). The molecule has 0 spiro atoms. The molecule has 0 unspecified atom stereocenters. The third-order valence-corrected chi connectivity index (χ3v) is 2.96. The minimum Gasteiger partial charge on any atom is -0.479 e.